The zero-order valence-corrected chi connectivity index (χ0v) is 14.1. The van der Waals surface area contributed by atoms with E-state index in [9.17, 15) is 9.59 Å². The van der Waals surface area contributed by atoms with Crippen LogP contribution in [-0.4, -0.2) is 48.2 Å². The number of hydrogen-bond acceptors (Lipinski definition) is 3. The van der Waals surface area contributed by atoms with E-state index in [4.69, 9.17) is 0 Å². The molecule has 0 aliphatic carbocycles. The van der Waals surface area contributed by atoms with Crippen LogP contribution in [0.15, 0.2) is 54.6 Å². The summed E-state index contributed by atoms with van der Waals surface area (Å²) in [7, 11) is 2.04. The lowest BCUT2D eigenvalue weighted by Crippen LogP contribution is -2.51. The van der Waals surface area contributed by atoms with Gasteiger partial charge in [-0.2, -0.15) is 0 Å². The van der Waals surface area contributed by atoms with Crippen molar-refractivity contribution in [3.8, 4) is 0 Å². The normalized spacial score (nSPS) is 18.4. The molecule has 1 unspecified atom stereocenters. The molecule has 0 N–H and O–H groups in total. The number of hydrogen-bond donors (Lipinski definition) is 0. The molecule has 2 aromatic rings. The number of carbonyl (C=O) groups is 2. The Labute approximate surface area is 142 Å². The summed E-state index contributed by atoms with van der Waals surface area (Å²) < 4.78 is 0. The monoisotopic (exact) mass is 322 g/mol. The topological polar surface area (TPSA) is 40.6 Å². The van der Waals surface area contributed by atoms with Crippen LogP contribution in [0.4, 0.5) is 0 Å². The van der Waals surface area contributed by atoms with E-state index in [2.05, 4.69) is 4.90 Å². The molecule has 1 saturated heterocycles. The lowest BCUT2D eigenvalue weighted by Gasteiger charge is -2.40. The van der Waals surface area contributed by atoms with Crippen molar-refractivity contribution in [3.63, 3.8) is 0 Å². The molecular weight excluding hydrogens is 300 g/mol. The number of rotatable bonds is 3. The first-order chi connectivity index (χ1) is 11.6. The second kappa shape index (κ2) is 6.97. The lowest BCUT2D eigenvalue weighted by atomic mass is 10.0. The zero-order chi connectivity index (χ0) is 17.1. The summed E-state index contributed by atoms with van der Waals surface area (Å²) in [5.74, 6) is -0.846. The summed E-state index contributed by atoms with van der Waals surface area (Å²) in [4.78, 5) is 29.4. The third-order valence-corrected chi connectivity index (χ3v) is 4.54. The number of carbonyl (C=O) groups excluding carboxylic acids is 2. The van der Waals surface area contributed by atoms with Gasteiger partial charge in [-0.25, -0.2) is 0 Å². The Kier molecular flexibility index (Phi) is 4.76. The van der Waals surface area contributed by atoms with Gasteiger partial charge in [0.2, 0.25) is 5.78 Å². The predicted molar refractivity (Wildman–Crippen MR) is 93.9 cm³/mol. The van der Waals surface area contributed by atoms with Gasteiger partial charge in [-0.15, -0.1) is 0 Å². The highest BCUT2D eigenvalue weighted by Crippen LogP contribution is 2.25. The molecule has 1 atom stereocenters. The molecule has 2 aromatic carbocycles. The van der Waals surface area contributed by atoms with Crippen LogP contribution in [0.1, 0.15) is 27.5 Å². The van der Waals surface area contributed by atoms with Crippen molar-refractivity contribution in [1.82, 2.24) is 9.80 Å². The molecule has 24 heavy (non-hydrogen) atoms. The summed E-state index contributed by atoms with van der Waals surface area (Å²) >= 11 is 0. The third-order valence-electron chi connectivity index (χ3n) is 4.54. The minimum Gasteiger partial charge on any atom is -0.326 e. The highest BCUT2D eigenvalue weighted by molar-refractivity contribution is 6.42. The third kappa shape index (κ3) is 3.39. The maximum absolute atomic E-state index is 12.8. The van der Waals surface area contributed by atoms with E-state index in [0.717, 1.165) is 24.2 Å². The van der Waals surface area contributed by atoms with Gasteiger partial charge in [-0.05, 0) is 19.5 Å². The van der Waals surface area contributed by atoms with Crippen molar-refractivity contribution in [1.29, 1.82) is 0 Å². The maximum Gasteiger partial charge on any atom is 0.295 e. The Balaban J connectivity index is 1.86. The second-order valence-corrected chi connectivity index (χ2v) is 6.38. The first-order valence-corrected chi connectivity index (χ1v) is 8.21. The molecule has 1 aliphatic rings. The molecule has 0 saturated carbocycles. The fraction of sp³-hybridized carbons (Fsp3) is 0.300. The SMILES string of the molecule is Cc1ccc(C(=O)C(=O)N2CCN(C)CC2c2ccccc2)cc1. The van der Waals surface area contributed by atoms with Crippen molar-refractivity contribution >= 4 is 11.7 Å². The molecule has 1 fully saturated rings. The number of Topliss-reactive ketones (excluding diaryl/α,β-unsaturated/α-hetero) is 1. The number of nitrogens with zero attached hydrogens (tertiary/aromatic N) is 2. The fourth-order valence-electron chi connectivity index (χ4n) is 3.08. The number of piperazine rings is 1. The van der Waals surface area contributed by atoms with Crippen molar-refractivity contribution in [3.05, 3.63) is 71.3 Å². The van der Waals surface area contributed by atoms with E-state index >= 15 is 0 Å². The number of amides is 1. The van der Waals surface area contributed by atoms with Crippen LogP contribution in [-0.2, 0) is 4.79 Å². The number of aryl methyl sites for hydroxylation is 1. The lowest BCUT2D eigenvalue weighted by molar-refractivity contribution is -0.131. The second-order valence-electron chi connectivity index (χ2n) is 6.38. The largest absolute Gasteiger partial charge is 0.326 e. The van der Waals surface area contributed by atoms with Gasteiger partial charge in [-0.1, -0.05) is 60.2 Å². The Morgan fingerprint density at radius 3 is 2.29 bits per heavy atom. The molecule has 1 heterocycles. The summed E-state index contributed by atoms with van der Waals surface area (Å²) in [5.41, 5.74) is 2.59. The standard InChI is InChI=1S/C20H22N2O2/c1-15-8-10-17(11-9-15)19(23)20(24)22-13-12-21(2)14-18(22)16-6-4-3-5-7-16/h3-11,18H,12-14H2,1-2H3. The smallest absolute Gasteiger partial charge is 0.295 e. The minimum atomic E-state index is -0.430. The van der Waals surface area contributed by atoms with Crippen LogP contribution in [0.25, 0.3) is 0 Å². The average molecular weight is 322 g/mol. The van der Waals surface area contributed by atoms with Crippen molar-refractivity contribution < 1.29 is 9.59 Å². The molecule has 4 heteroatoms. The number of likely N-dealkylation sites (N-methyl/N-ethyl adjacent to an activating group) is 1. The first-order valence-electron chi connectivity index (χ1n) is 8.21. The number of benzene rings is 2. The highest BCUT2D eigenvalue weighted by atomic mass is 16.2. The van der Waals surface area contributed by atoms with Crippen LogP contribution in [0.3, 0.4) is 0 Å². The van der Waals surface area contributed by atoms with Crippen molar-refractivity contribution in [2.24, 2.45) is 0 Å². The predicted octanol–water partition coefficient (Wildman–Crippen LogP) is 2.69. The van der Waals surface area contributed by atoms with Gasteiger partial charge in [0.15, 0.2) is 0 Å². The molecular formula is C20H22N2O2. The molecule has 0 aromatic heterocycles. The van der Waals surface area contributed by atoms with Gasteiger partial charge in [0.05, 0.1) is 6.04 Å². The summed E-state index contributed by atoms with van der Waals surface area (Å²) in [5, 5.41) is 0. The van der Waals surface area contributed by atoms with Crippen LogP contribution in [0.2, 0.25) is 0 Å². The van der Waals surface area contributed by atoms with Crippen molar-refractivity contribution in [2.75, 3.05) is 26.7 Å². The Morgan fingerprint density at radius 2 is 1.62 bits per heavy atom. The van der Waals surface area contributed by atoms with E-state index in [-0.39, 0.29) is 6.04 Å². The highest BCUT2D eigenvalue weighted by Gasteiger charge is 2.33. The van der Waals surface area contributed by atoms with E-state index in [1.165, 1.54) is 0 Å². The fourth-order valence-corrected chi connectivity index (χ4v) is 3.08. The van der Waals surface area contributed by atoms with Gasteiger partial charge in [0.25, 0.3) is 5.91 Å². The van der Waals surface area contributed by atoms with E-state index in [0.29, 0.717) is 12.1 Å². The van der Waals surface area contributed by atoms with Crippen LogP contribution < -0.4 is 0 Å². The van der Waals surface area contributed by atoms with E-state index in [1.54, 1.807) is 17.0 Å². The molecule has 0 bridgehead atoms. The van der Waals surface area contributed by atoms with Gasteiger partial charge in [0, 0.05) is 25.2 Å². The van der Waals surface area contributed by atoms with E-state index < -0.39 is 11.7 Å². The van der Waals surface area contributed by atoms with Gasteiger partial charge in [-0.3, -0.25) is 9.59 Å². The zero-order valence-electron chi connectivity index (χ0n) is 14.1. The quantitative estimate of drug-likeness (QED) is 0.644. The van der Waals surface area contributed by atoms with Crippen LogP contribution in [0, 0.1) is 6.92 Å². The molecule has 1 amide bonds. The summed E-state index contributed by atoms with van der Waals surface area (Å²) in [6, 6.07) is 17.0. The molecule has 1 aliphatic heterocycles. The van der Waals surface area contributed by atoms with Gasteiger partial charge in [0.1, 0.15) is 0 Å². The van der Waals surface area contributed by atoms with Crippen molar-refractivity contribution in [2.45, 2.75) is 13.0 Å². The molecule has 0 radical (unpaired) electrons. The Bertz CT molecular complexity index is 725. The average Bonchev–Trinajstić information content (AvgIpc) is 2.62. The maximum atomic E-state index is 12.8. The first kappa shape index (κ1) is 16.4. The Morgan fingerprint density at radius 1 is 0.958 bits per heavy atom. The van der Waals surface area contributed by atoms with Gasteiger partial charge < -0.3 is 9.80 Å². The van der Waals surface area contributed by atoms with Crippen LogP contribution in [0.5, 0.6) is 0 Å². The summed E-state index contributed by atoms with van der Waals surface area (Å²) in [6.45, 7) is 4.03. The van der Waals surface area contributed by atoms with E-state index in [1.807, 2.05) is 56.4 Å². The molecule has 4 nitrogen and oxygen atoms in total. The Hall–Kier alpha value is -2.46. The number of ketones is 1. The summed E-state index contributed by atoms with van der Waals surface area (Å²) in [6.07, 6.45) is 0. The minimum absolute atomic E-state index is 0.0909. The molecule has 0 spiro atoms. The molecule has 3 rings (SSSR count). The van der Waals surface area contributed by atoms with Crippen LogP contribution >= 0.6 is 0 Å². The van der Waals surface area contributed by atoms with Gasteiger partial charge >= 0.3 is 0 Å². The molecule has 124 valence electrons.